The summed E-state index contributed by atoms with van der Waals surface area (Å²) >= 11 is 0. The van der Waals surface area contributed by atoms with Gasteiger partial charge in [0.05, 0.1) is 6.54 Å². The number of fused-ring (bicyclic) bond motifs is 2. The van der Waals surface area contributed by atoms with Crippen LogP contribution in [0.2, 0.25) is 0 Å². The van der Waals surface area contributed by atoms with Crippen molar-refractivity contribution in [3.05, 3.63) is 59.7 Å². The van der Waals surface area contributed by atoms with E-state index in [1.807, 2.05) is 63.2 Å². The first kappa shape index (κ1) is 23.4. The van der Waals surface area contributed by atoms with Crippen LogP contribution in [0.15, 0.2) is 48.5 Å². The number of nitrogens with two attached hydrogens (primary N) is 1. The predicted molar refractivity (Wildman–Crippen MR) is 122 cm³/mol. The molecule has 2 aliphatic heterocycles. The fourth-order valence-corrected chi connectivity index (χ4v) is 3.56. The van der Waals surface area contributed by atoms with Crippen molar-refractivity contribution in [2.24, 2.45) is 5.73 Å². The lowest BCUT2D eigenvalue weighted by atomic mass is 10.0. The quantitative estimate of drug-likeness (QED) is 0.757. The molecule has 0 saturated heterocycles. The normalized spacial score (nSPS) is 19.0. The van der Waals surface area contributed by atoms with Crippen LogP contribution in [0.3, 0.4) is 0 Å². The highest BCUT2D eigenvalue weighted by molar-refractivity contribution is 5.79. The van der Waals surface area contributed by atoms with Gasteiger partial charge in [-0.2, -0.15) is 0 Å². The molecule has 0 unspecified atom stereocenters. The fraction of sp³-hybridized carbons (Fsp3) is 0.440. The van der Waals surface area contributed by atoms with Crippen LogP contribution in [0.5, 0.6) is 11.5 Å². The lowest BCUT2D eigenvalue weighted by Crippen LogP contribution is -2.40. The van der Waals surface area contributed by atoms with Gasteiger partial charge in [-0.25, -0.2) is 4.79 Å². The van der Waals surface area contributed by atoms with E-state index in [4.69, 9.17) is 19.9 Å². The summed E-state index contributed by atoms with van der Waals surface area (Å²) in [5.41, 5.74) is 7.08. The summed E-state index contributed by atoms with van der Waals surface area (Å²) in [6, 6.07) is 15.7. The monoisotopic (exact) mass is 440 g/mol. The molecule has 2 aromatic rings. The number of hydrogen-bond donors (Lipinski definition) is 2. The van der Waals surface area contributed by atoms with Gasteiger partial charge >= 0.3 is 6.09 Å². The second kappa shape index (κ2) is 10.4. The number of hydrogen-bond acceptors (Lipinski definition) is 5. The molecule has 3 N–H and O–H groups in total. The first-order valence-corrected chi connectivity index (χ1v) is 11.0. The maximum atomic E-state index is 11.6. The van der Waals surface area contributed by atoms with Gasteiger partial charge in [-0.15, -0.1) is 0 Å². The van der Waals surface area contributed by atoms with Crippen molar-refractivity contribution in [3.63, 3.8) is 0 Å². The zero-order valence-corrected chi connectivity index (χ0v) is 18.9. The maximum absolute atomic E-state index is 11.6. The van der Waals surface area contributed by atoms with Gasteiger partial charge in [0.15, 0.2) is 6.10 Å². The molecule has 0 saturated carbocycles. The number of carbonyl (C=O) groups excluding carboxylic acids is 2. The smallest absolute Gasteiger partial charge is 0.407 e. The highest BCUT2D eigenvalue weighted by Gasteiger charge is 2.23. The lowest BCUT2D eigenvalue weighted by Gasteiger charge is -2.27. The first-order chi connectivity index (χ1) is 15.2. The fourth-order valence-electron chi connectivity index (χ4n) is 3.56. The van der Waals surface area contributed by atoms with E-state index < -0.39 is 17.8 Å². The van der Waals surface area contributed by atoms with Gasteiger partial charge in [-0.1, -0.05) is 36.4 Å². The van der Waals surface area contributed by atoms with Crippen molar-refractivity contribution in [1.82, 2.24) is 5.32 Å². The van der Waals surface area contributed by atoms with Crippen LogP contribution < -0.4 is 20.5 Å². The molecule has 2 aliphatic rings. The summed E-state index contributed by atoms with van der Waals surface area (Å²) < 4.78 is 16.5. The van der Waals surface area contributed by atoms with Gasteiger partial charge in [-0.05, 0) is 69.7 Å². The highest BCUT2D eigenvalue weighted by atomic mass is 16.6. The van der Waals surface area contributed by atoms with E-state index >= 15 is 0 Å². The molecular formula is C25H32N2O5. The number of carbonyl (C=O) groups is 2. The Morgan fingerprint density at radius 1 is 0.969 bits per heavy atom. The minimum atomic E-state index is -0.468. The molecule has 0 aliphatic carbocycles. The largest absolute Gasteiger partial charge is 0.488 e. The van der Waals surface area contributed by atoms with Crippen LogP contribution in [0.4, 0.5) is 4.79 Å². The number of aryl methyl sites for hydroxylation is 2. The van der Waals surface area contributed by atoms with Gasteiger partial charge in [0.25, 0.3) is 5.91 Å². The third-order valence-electron chi connectivity index (χ3n) is 5.11. The van der Waals surface area contributed by atoms with Gasteiger partial charge in [0.1, 0.15) is 23.2 Å². The molecule has 0 radical (unpaired) electrons. The molecule has 0 bridgehead atoms. The second-order valence-electron chi connectivity index (χ2n) is 8.92. The summed E-state index contributed by atoms with van der Waals surface area (Å²) in [7, 11) is 0. The van der Waals surface area contributed by atoms with E-state index in [9.17, 15) is 9.59 Å². The van der Waals surface area contributed by atoms with Crippen molar-refractivity contribution in [3.8, 4) is 11.5 Å². The van der Waals surface area contributed by atoms with Crippen molar-refractivity contribution in [2.45, 2.75) is 64.3 Å². The van der Waals surface area contributed by atoms with Crippen LogP contribution in [-0.2, 0) is 22.4 Å². The Hall–Kier alpha value is -3.22. The standard InChI is InChI=1S/C15H21NO3.C10H11NO2/c1-15(2,3)19-14(17)16-10-12-9-8-11-6-4-5-7-13(11)18-12;11-10(12)9-6-5-7-3-1-2-4-8(7)13-9/h4-7,12H,8-10H2,1-3H3,(H,16,17);1-4,9H,5-6H2,(H2,11,12)/t12-;9-/m11/s1. The molecule has 2 aromatic carbocycles. The predicted octanol–water partition coefficient (Wildman–Crippen LogP) is 3.77. The maximum Gasteiger partial charge on any atom is 0.407 e. The molecule has 172 valence electrons. The third-order valence-corrected chi connectivity index (χ3v) is 5.11. The summed E-state index contributed by atoms with van der Waals surface area (Å²) in [5.74, 6) is 1.33. The zero-order chi connectivity index (χ0) is 23.1. The first-order valence-electron chi connectivity index (χ1n) is 11.0. The van der Waals surface area contributed by atoms with Gasteiger partial charge < -0.3 is 25.3 Å². The molecule has 2 amide bonds. The Morgan fingerprint density at radius 3 is 2.12 bits per heavy atom. The highest BCUT2D eigenvalue weighted by Crippen LogP contribution is 2.27. The molecule has 2 heterocycles. The number of alkyl carbamates (subject to hydrolysis) is 1. The van der Waals surface area contributed by atoms with Gasteiger partial charge in [0.2, 0.25) is 0 Å². The summed E-state index contributed by atoms with van der Waals surface area (Å²) in [6.45, 7) is 6.02. The van der Waals surface area contributed by atoms with E-state index in [2.05, 4.69) is 11.4 Å². The van der Waals surface area contributed by atoms with Crippen molar-refractivity contribution in [1.29, 1.82) is 0 Å². The van der Waals surface area contributed by atoms with Crippen molar-refractivity contribution >= 4 is 12.0 Å². The van der Waals surface area contributed by atoms with E-state index in [-0.39, 0.29) is 12.0 Å². The topological polar surface area (TPSA) is 99.9 Å². The van der Waals surface area contributed by atoms with E-state index in [0.29, 0.717) is 13.0 Å². The van der Waals surface area contributed by atoms with Crippen LogP contribution in [0.25, 0.3) is 0 Å². The van der Waals surface area contributed by atoms with Crippen molar-refractivity contribution < 1.29 is 23.8 Å². The van der Waals surface area contributed by atoms with Crippen LogP contribution in [0.1, 0.15) is 44.7 Å². The minimum absolute atomic E-state index is 0.0161. The Morgan fingerprint density at radius 2 is 1.53 bits per heavy atom. The van der Waals surface area contributed by atoms with Crippen LogP contribution >= 0.6 is 0 Å². The number of para-hydroxylation sites is 2. The molecule has 7 nitrogen and oxygen atoms in total. The van der Waals surface area contributed by atoms with Crippen LogP contribution in [0, 0.1) is 0 Å². The number of amides is 2. The Labute approximate surface area is 189 Å². The molecule has 7 heteroatoms. The van der Waals surface area contributed by atoms with E-state index in [1.165, 1.54) is 5.56 Å². The number of primary amides is 1. The molecule has 0 fully saturated rings. The minimum Gasteiger partial charge on any atom is -0.488 e. The van der Waals surface area contributed by atoms with Crippen LogP contribution in [-0.4, -0.2) is 36.4 Å². The number of nitrogens with one attached hydrogen (secondary N) is 1. The Balaban J connectivity index is 0.000000193. The SMILES string of the molecule is CC(C)(C)OC(=O)NC[C@H]1CCc2ccccc2O1.NC(=O)[C@H]1CCc2ccccc2O1. The second-order valence-corrected chi connectivity index (χ2v) is 8.92. The average Bonchev–Trinajstić information content (AvgIpc) is 2.76. The Kier molecular flexibility index (Phi) is 7.62. The average molecular weight is 441 g/mol. The van der Waals surface area contributed by atoms with Crippen molar-refractivity contribution in [2.75, 3.05) is 6.54 Å². The lowest BCUT2D eigenvalue weighted by molar-refractivity contribution is -0.125. The summed E-state index contributed by atoms with van der Waals surface area (Å²) in [5, 5.41) is 2.75. The Bertz CT molecular complexity index is 938. The molecular weight excluding hydrogens is 408 g/mol. The molecule has 2 atom stereocenters. The molecule has 4 rings (SSSR count). The molecule has 32 heavy (non-hydrogen) atoms. The zero-order valence-electron chi connectivity index (χ0n) is 18.9. The molecule has 0 aromatic heterocycles. The van der Waals surface area contributed by atoms with E-state index in [1.54, 1.807) is 0 Å². The number of rotatable bonds is 3. The number of benzene rings is 2. The third kappa shape index (κ3) is 6.90. The van der Waals surface area contributed by atoms with Gasteiger partial charge in [0, 0.05) is 0 Å². The van der Waals surface area contributed by atoms with E-state index in [0.717, 1.165) is 36.3 Å². The summed E-state index contributed by atoms with van der Waals surface area (Å²) in [4.78, 5) is 22.4. The molecule has 0 spiro atoms. The van der Waals surface area contributed by atoms with Gasteiger partial charge in [-0.3, -0.25) is 4.79 Å². The number of ether oxygens (including phenoxy) is 3. The summed E-state index contributed by atoms with van der Waals surface area (Å²) in [6.07, 6.45) is 2.62.